The number of urea groups is 1. The van der Waals surface area contributed by atoms with Crippen LogP contribution in [0.25, 0.3) is 0 Å². The van der Waals surface area contributed by atoms with Crippen LogP contribution in [0.15, 0.2) is 18.2 Å². The van der Waals surface area contributed by atoms with E-state index in [1.807, 2.05) is 25.1 Å². The number of nitrogens with zero attached hydrogens (tertiary/aromatic N) is 2. The molecule has 3 amide bonds. The normalized spacial score (nSPS) is 24.2. The lowest BCUT2D eigenvalue weighted by atomic mass is 9.96. The number of carbonyl (C=O) groups excluding carboxylic acids is 2. The van der Waals surface area contributed by atoms with Crippen molar-refractivity contribution in [2.24, 2.45) is 11.8 Å². The highest BCUT2D eigenvalue weighted by Crippen LogP contribution is 2.31. The van der Waals surface area contributed by atoms with Crippen molar-refractivity contribution in [1.82, 2.24) is 15.1 Å². The minimum absolute atomic E-state index is 0.0379. The zero-order valence-electron chi connectivity index (χ0n) is 22.2. The quantitative estimate of drug-likeness (QED) is 0.507. The molecule has 2 fully saturated rings. The molecule has 0 aromatic heterocycles. The SMILES string of the molecule is C[C@@H]1CN([C@H](C)CO)C(=O)Cc2cc(NC(=O)NC3CCCCC3)ccc2O[C@@H]1CN(C)CC1CC1. The first-order valence-corrected chi connectivity index (χ1v) is 13.8. The van der Waals surface area contributed by atoms with E-state index in [4.69, 9.17) is 4.74 Å². The second-order valence-electron chi connectivity index (χ2n) is 11.3. The molecule has 0 radical (unpaired) electrons. The molecule has 1 heterocycles. The summed E-state index contributed by atoms with van der Waals surface area (Å²) in [6.45, 7) is 6.29. The maximum atomic E-state index is 13.4. The number of carbonyl (C=O) groups is 2. The Labute approximate surface area is 215 Å². The fraction of sp³-hybridized carbons (Fsp3) is 0.714. The van der Waals surface area contributed by atoms with Crippen LogP contribution >= 0.6 is 0 Å². The maximum absolute atomic E-state index is 13.4. The van der Waals surface area contributed by atoms with E-state index in [9.17, 15) is 14.7 Å². The van der Waals surface area contributed by atoms with Crippen LogP contribution in [0.4, 0.5) is 10.5 Å². The number of anilines is 1. The molecule has 1 aromatic carbocycles. The topological polar surface area (TPSA) is 94.1 Å². The summed E-state index contributed by atoms with van der Waals surface area (Å²) < 4.78 is 6.58. The van der Waals surface area contributed by atoms with Gasteiger partial charge in [0.2, 0.25) is 5.91 Å². The van der Waals surface area contributed by atoms with Gasteiger partial charge in [0.25, 0.3) is 0 Å². The summed E-state index contributed by atoms with van der Waals surface area (Å²) in [5, 5.41) is 15.9. The predicted octanol–water partition coefficient (Wildman–Crippen LogP) is 3.63. The lowest BCUT2D eigenvalue weighted by molar-refractivity contribution is -0.134. The van der Waals surface area contributed by atoms with Crippen LogP contribution < -0.4 is 15.4 Å². The average molecular weight is 501 g/mol. The van der Waals surface area contributed by atoms with E-state index in [0.29, 0.717) is 18.0 Å². The van der Waals surface area contributed by atoms with Crippen molar-refractivity contribution in [1.29, 1.82) is 0 Å². The Bertz CT molecular complexity index is 900. The van der Waals surface area contributed by atoms with E-state index >= 15 is 0 Å². The Balaban J connectivity index is 1.52. The molecule has 3 aliphatic rings. The maximum Gasteiger partial charge on any atom is 0.319 e. The molecule has 36 heavy (non-hydrogen) atoms. The minimum Gasteiger partial charge on any atom is -0.488 e. The molecule has 4 rings (SSSR count). The number of fused-ring (bicyclic) bond motifs is 1. The number of ether oxygens (including phenoxy) is 1. The standard InChI is InChI=1S/C28H44N4O4/c1-19-15-32(20(2)18-33)27(34)14-22-13-24(30-28(35)29-23-7-5-4-6-8-23)11-12-25(22)36-26(19)17-31(3)16-21-9-10-21/h11-13,19-21,23,26,33H,4-10,14-18H2,1-3H3,(H2,29,30,35)/t19-,20-,26-/m1/s1. The number of aliphatic hydroxyl groups excluding tert-OH is 1. The van der Waals surface area contributed by atoms with Gasteiger partial charge in [-0.15, -0.1) is 0 Å². The third kappa shape index (κ3) is 7.35. The molecule has 0 unspecified atom stereocenters. The number of nitrogens with one attached hydrogen (secondary N) is 2. The van der Waals surface area contributed by atoms with Gasteiger partial charge in [0.1, 0.15) is 11.9 Å². The molecule has 1 aliphatic heterocycles. The summed E-state index contributed by atoms with van der Waals surface area (Å²) in [5.41, 5.74) is 1.41. The molecule has 0 spiro atoms. The van der Waals surface area contributed by atoms with E-state index in [2.05, 4.69) is 29.5 Å². The zero-order valence-corrected chi connectivity index (χ0v) is 22.2. The highest BCUT2D eigenvalue weighted by Gasteiger charge is 2.32. The van der Waals surface area contributed by atoms with Gasteiger partial charge in [0.05, 0.1) is 19.1 Å². The van der Waals surface area contributed by atoms with Gasteiger partial charge in [-0.1, -0.05) is 26.2 Å². The van der Waals surface area contributed by atoms with Gasteiger partial charge < -0.3 is 30.3 Å². The monoisotopic (exact) mass is 500 g/mol. The third-order valence-electron chi connectivity index (χ3n) is 7.87. The van der Waals surface area contributed by atoms with Crippen molar-refractivity contribution in [3.05, 3.63) is 23.8 Å². The minimum atomic E-state index is -0.270. The molecule has 2 aliphatic carbocycles. The molecule has 2 saturated carbocycles. The van der Waals surface area contributed by atoms with Crippen molar-refractivity contribution in [3.8, 4) is 5.75 Å². The van der Waals surface area contributed by atoms with Crippen molar-refractivity contribution in [3.63, 3.8) is 0 Å². The van der Waals surface area contributed by atoms with Gasteiger partial charge in [0, 0.05) is 42.8 Å². The molecule has 3 N–H and O–H groups in total. The van der Waals surface area contributed by atoms with E-state index in [1.165, 1.54) is 19.3 Å². The molecule has 8 nitrogen and oxygen atoms in total. The van der Waals surface area contributed by atoms with E-state index in [-0.39, 0.29) is 49.1 Å². The number of rotatable bonds is 8. The second-order valence-corrected chi connectivity index (χ2v) is 11.3. The Kier molecular flexibility index (Phi) is 9.12. The second kappa shape index (κ2) is 12.3. The molecule has 200 valence electrons. The van der Waals surface area contributed by atoms with E-state index in [0.717, 1.165) is 50.3 Å². The van der Waals surface area contributed by atoms with E-state index < -0.39 is 0 Å². The number of amides is 3. The van der Waals surface area contributed by atoms with Gasteiger partial charge >= 0.3 is 6.03 Å². The van der Waals surface area contributed by atoms with Crippen molar-refractivity contribution in [2.75, 3.05) is 38.6 Å². The van der Waals surface area contributed by atoms with Gasteiger partial charge in [0.15, 0.2) is 0 Å². The fourth-order valence-corrected chi connectivity index (χ4v) is 5.45. The van der Waals surface area contributed by atoms with Gasteiger partial charge in [-0.2, -0.15) is 0 Å². The van der Waals surface area contributed by atoms with Crippen LogP contribution in [-0.2, 0) is 11.2 Å². The van der Waals surface area contributed by atoms with Crippen molar-refractivity contribution in [2.45, 2.75) is 83.4 Å². The molecular weight excluding hydrogens is 456 g/mol. The largest absolute Gasteiger partial charge is 0.488 e. The van der Waals surface area contributed by atoms with Crippen LogP contribution in [0, 0.1) is 11.8 Å². The highest BCUT2D eigenvalue weighted by atomic mass is 16.5. The highest BCUT2D eigenvalue weighted by molar-refractivity contribution is 5.90. The Morgan fingerprint density at radius 2 is 1.94 bits per heavy atom. The first-order chi connectivity index (χ1) is 17.3. The van der Waals surface area contributed by atoms with Crippen LogP contribution in [0.1, 0.15) is 64.4 Å². The zero-order chi connectivity index (χ0) is 25.7. The molecule has 0 saturated heterocycles. The summed E-state index contributed by atoms with van der Waals surface area (Å²) in [7, 11) is 2.14. The van der Waals surface area contributed by atoms with Gasteiger partial charge in [-0.25, -0.2) is 4.79 Å². The summed E-state index contributed by atoms with van der Waals surface area (Å²) in [4.78, 5) is 30.1. The molecule has 3 atom stereocenters. The Morgan fingerprint density at radius 1 is 1.19 bits per heavy atom. The molecular formula is C28H44N4O4. The van der Waals surface area contributed by atoms with Crippen LogP contribution in [0.5, 0.6) is 5.75 Å². The first-order valence-electron chi connectivity index (χ1n) is 13.8. The summed E-state index contributed by atoms with van der Waals surface area (Å²) in [6.07, 6.45) is 8.25. The van der Waals surface area contributed by atoms with E-state index in [1.54, 1.807) is 4.90 Å². The van der Waals surface area contributed by atoms with Crippen LogP contribution in [-0.4, -0.2) is 78.3 Å². The fourth-order valence-electron chi connectivity index (χ4n) is 5.45. The van der Waals surface area contributed by atoms with Crippen LogP contribution in [0.3, 0.4) is 0 Å². The van der Waals surface area contributed by atoms with Gasteiger partial charge in [-0.3, -0.25) is 4.79 Å². The molecule has 8 heteroatoms. The average Bonchev–Trinajstić information content (AvgIpc) is 3.66. The summed E-state index contributed by atoms with van der Waals surface area (Å²) in [6, 6.07) is 5.33. The lowest BCUT2D eigenvalue weighted by Gasteiger charge is -2.34. The molecule has 0 bridgehead atoms. The number of hydrogen-bond donors (Lipinski definition) is 3. The number of likely N-dealkylation sites (N-methyl/N-ethyl adjacent to an activating group) is 1. The lowest BCUT2D eigenvalue weighted by Crippen LogP contribution is -2.47. The van der Waals surface area contributed by atoms with Crippen LogP contribution in [0.2, 0.25) is 0 Å². The summed E-state index contributed by atoms with van der Waals surface area (Å²) >= 11 is 0. The van der Waals surface area contributed by atoms with Gasteiger partial charge in [-0.05, 0) is 63.8 Å². The predicted molar refractivity (Wildman–Crippen MR) is 141 cm³/mol. The third-order valence-corrected chi connectivity index (χ3v) is 7.87. The number of benzene rings is 1. The Hall–Kier alpha value is -2.32. The van der Waals surface area contributed by atoms with Crippen molar-refractivity contribution < 1.29 is 19.4 Å². The smallest absolute Gasteiger partial charge is 0.319 e. The first kappa shape index (κ1) is 26.7. The number of aliphatic hydroxyl groups is 1. The van der Waals surface area contributed by atoms with Crippen molar-refractivity contribution >= 4 is 17.6 Å². The Morgan fingerprint density at radius 3 is 2.64 bits per heavy atom. The summed E-state index contributed by atoms with van der Waals surface area (Å²) in [5.74, 6) is 1.53. The molecule has 1 aromatic rings. The number of hydrogen-bond acceptors (Lipinski definition) is 5.